The van der Waals surface area contributed by atoms with Crippen molar-refractivity contribution in [2.24, 2.45) is 5.92 Å². The van der Waals surface area contributed by atoms with Crippen LogP contribution in [0.5, 0.6) is 0 Å². The van der Waals surface area contributed by atoms with Crippen LogP contribution in [0.3, 0.4) is 0 Å². The summed E-state index contributed by atoms with van der Waals surface area (Å²) >= 11 is 0. The molecule has 2 aliphatic carbocycles. The lowest BCUT2D eigenvalue weighted by Gasteiger charge is -2.30. The topological polar surface area (TPSA) is 61.4 Å². The Morgan fingerprint density at radius 2 is 2.00 bits per heavy atom. The predicted octanol–water partition coefficient (Wildman–Crippen LogP) is 1.63. The molecule has 1 unspecified atom stereocenters. The number of nitrogens with one attached hydrogen (secondary N) is 2. The third-order valence-electron chi connectivity index (χ3n) is 4.78. The largest absolute Gasteiger partial charge is 0.325 e. The molecule has 0 aromatic rings. The van der Waals surface area contributed by atoms with E-state index in [0.717, 1.165) is 32.2 Å². The van der Waals surface area contributed by atoms with Gasteiger partial charge in [0.1, 0.15) is 5.54 Å². The van der Waals surface area contributed by atoms with E-state index in [1.165, 1.54) is 24.2 Å². The number of hydrogen-bond acceptors (Lipinski definition) is 3. The van der Waals surface area contributed by atoms with Gasteiger partial charge in [-0.25, -0.2) is 4.79 Å². The molecule has 1 saturated heterocycles. The molecule has 0 radical (unpaired) electrons. The van der Waals surface area contributed by atoms with E-state index in [1.54, 1.807) is 0 Å². The highest BCUT2D eigenvalue weighted by atomic mass is 16.2. The second-order valence-corrected chi connectivity index (χ2v) is 6.78. The maximum absolute atomic E-state index is 12.6. The minimum Gasteiger partial charge on any atom is -0.323 e. The molecule has 0 bridgehead atoms. The van der Waals surface area contributed by atoms with Crippen molar-refractivity contribution in [3.63, 3.8) is 0 Å². The molecule has 2 saturated carbocycles. The maximum Gasteiger partial charge on any atom is 0.325 e. The van der Waals surface area contributed by atoms with Crippen LogP contribution >= 0.6 is 0 Å². The van der Waals surface area contributed by atoms with Crippen LogP contribution in [0.25, 0.3) is 0 Å². The van der Waals surface area contributed by atoms with E-state index in [1.807, 2.05) is 0 Å². The van der Waals surface area contributed by atoms with Crippen LogP contribution in [0.15, 0.2) is 0 Å². The second kappa shape index (κ2) is 5.35. The fourth-order valence-corrected chi connectivity index (χ4v) is 3.37. The van der Waals surface area contributed by atoms with Crippen molar-refractivity contribution in [1.29, 1.82) is 0 Å². The van der Waals surface area contributed by atoms with E-state index >= 15 is 0 Å². The summed E-state index contributed by atoms with van der Waals surface area (Å²) < 4.78 is 0. The molecule has 112 valence electrons. The van der Waals surface area contributed by atoms with Crippen molar-refractivity contribution in [2.45, 2.75) is 63.5 Å². The number of urea groups is 1. The van der Waals surface area contributed by atoms with E-state index in [-0.39, 0.29) is 11.9 Å². The minimum atomic E-state index is -0.570. The Morgan fingerprint density at radius 1 is 1.30 bits per heavy atom. The maximum atomic E-state index is 12.6. The highest BCUT2D eigenvalue weighted by Gasteiger charge is 2.51. The first-order valence-corrected chi connectivity index (χ1v) is 7.98. The van der Waals surface area contributed by atoms with Crippen LogP contribution in [0.2, 0.25) is 0 Å². The summed E-state index contributed by atoms with van der Waals surface area (Å²) in [5.41, 5.74) is -0.570. The number of carbonyl (C=O) groups excluding carboxylic acids is 2. The van der Waals surface area contributed by atoms with Gasteiger partial charge in [-0.1, -0.05) is 26.2 Å². The van der Waals surface area contributed by atoms with Gasteiger partial charge in [-0.15, -0.1) is 0 Å². The molecule has 3 fully saturated rings. The predicted molar refractivity (Wildman–Crippen MR) is 76.2 cm³/mol. The third kappa shape index (κ3) is 2.68. The normalized spacial score (nSPS) is 26.9. The first-order chi connectivity index (χ1) is 9.61. The minimum absolute atomic E-state index is 0.0143. The van der Waals surface area contributed by atoms with Gasteiger partial charge in [0.05, 0.1) is 0 Å². The zero-order valence-electron chi connectivity index (χ0n) is 12.3. The van der Waals surface area contributed by atoms with Crippen LogP contribution in [-0.4, -0.2) is 41.5 Å². The van der Waals surface area contributed by atoms with E-state index in [4.69, 9.17) is 0 Å². The van der Waals surface area contributed by atoms with Crippen LogP contribution in [0, 0.1) is 5.92 Å². The summed E-state index contributed by atoms with van der Waals surface area (Å²) in [6.45, 7) is 3.52. The average molecular weight is 279 g/mol. The molecule has 5 nitrogen and oxygen atoms in total. The zero-order valence-corrected chi connectivity index (χ0v) is 12.3. The summed E-state index contributed by atoms with van der Waals surface area (Å²) in [5.74, 6) is 0.324. The van der Waals surface area contributed by atoms with Gasteiger partial charge in [0.25, 0.3) is 5.91 Å². The van der Waals surface area contributed by atoms with Gasteiger partial charge in [-0.2, -0.15) is 0 Å². The van der Waals surface area contributed by atoms with Crippen molar-refractivity contribution in [1.82, 2.24) is 15.5 Å². The molecule has 0 aromatic carbocycles. The molecule has 1 aliphatic heterocycles. The van der Waals surface area contributed by atoms with E-state index in [0.29, 0.717) is 18.5 Å². The molecular weight excluding hydrogens is 254 g/mol. The molecule has 3 amide bonds. The van der Waals surface area contributed by atoms with Gasteiger partial charge in [0.2, 0.25) is 0 Å². The Hall–Kier alpha value is -1.10. The number of imide groups is 1. The number of amides is 3. The first-order valence-electron chi connectivity index (χ1n) is 7.98. The molecule has 3 rings (SSSR count). The zero-order chi connectivity index (χ0) is 14.2. The molecule has 1 heterocycles. The Morgan fingerprint density at radius 3 is 2.65 bits per heavy atom. The number of carbonyl (C=O) groups is 2. The molecule has 2 N–H and O–H groups in total. The summed E-state index contributed by atoms with van der Waals surface area (Å²) in [6, 6.07) is 0.486. The van der Waals surface area contributed by atoms with Crippen LogP contribution in [0.4, 0.5) is 4.79 Å². The standard InChI is InChI=1S/C15H25N3O2/c1-11(9-16-12-5-6-12)10-18-13(19)15(17-14(18)20)7-3-2-4-8-15/h11-12,16H,2-10H2,1H3,(H,17,20). The Bertz CT molecular complexity index is 400. The van der Waals surface area contributed by atoms with Crippen LogP contribution in [-0.2, 0) is 4.79 Å². The molecule has 1 spiro atoms. The number of hydrogen-bond donors (Lipinski definition) is 2. The smallest absolute Gasteiger partial charge is 0.323 e. The lowest BCUT2D eigenvalue weighted by atomic mass is 9.81. The summed E-state index contributed by atoms with van der Waals surface area (Å²) in [6.07, 6.45) is 7.40. The Balaban J connectivity index is 1.58. The molecule has 3 aliphatic rings. The van der Waals surface area contributed by atoms with Gasteiger partial charge in [0.15, 0.2) is 0 Å². The van der Waals surface area contributed by atoms with Gasteiger partial charge < -0.3 is 10.6 Å². The molecule has 1 atom stereocenters. The van der Waals surface area contributed by atoms with Crippen molar-refractivity contribution < 1.29 is 9.59 Å². The van der Waals surface area contributed by atoms with Crippen LogP contribution in [0.1, 0.15) is 51.9 Å². The summed E-state index contributed by atoms with van der Waals surface area (Å²) in [7, 11) is 0. The second-order valence-electron chi connectivity index (χ2n) is 6.78. The summed E-state index contributed by atoms with van der Waals surface area (Å²) in [4.78, 5) is 26.2. The fourth-order valence-electron chi connectivity index (χ4n) is 3.37. The molecule has 20 heavy (non-hydrogen) atoms. The SMILES string of the molecule is CC(CNC1CC1)CN1C(=O)NC2(CCCCC2)C1=O. The lowest BCUT2D eigenvalue weighted by molar-refractivity contribution is -0.132. The highest BCUT2D eigenvalue weighted by Crippen LogP contribution is 2.33. The molecular formula is C15H25N3O2. The van der Waals surface area contributed by atoms with Crippen molar-refractivity contribution >= 4 is 11.9 Å². The Kier molecular flexibility index (Phi) is 3.71. The van der Waals surface area contributed by atoms with E-state index in [9.17, 15) is 9.59 Å². The lowest BCUT2D eigenvalue weighted by Crippen LogP contribution is -2.48. The van der Waals surface area contributed by atoms with E-state index < -0.39 is 5.54 Å². The van der Waals surface area contributed by atoms with Crippen molar-refractivity contribution in [3.05, 3.63) is 0 Å². The molecule has 0 aromatic heterocycles. The van der Waals surface area contributed by atoms with Crippen molar-refractivity contribution in [3.8, 4) is 0 Å². The highest BCUT2D eigenvalue weighted by molar-refractivity contribution is 6.07. The van der Waals surface area contributed by atoms with Gasteiger partial charge in [-0.3, -0.25) is 9.69 Å². The van der Waals surface area contributed by atoms with Gasteiger partial charge >= 0.3 is 6.03 Å². The third-order valence-corrected chi connectivity index (χ3v) is 4.78. The van der Waals surface area contributed by atoms with Gasteiger partial charge in [-0.05, 0) is 38.1 Å². The number of rotatable bonds is 5. The monoisotopic (exact) mass is 279 g/mol. The van der Waals surface area contributed by atoms with Crippen molar-refractivity contribution in [2.75, 3.05) is 13.1 Å². The Labute approximate surface area is 120 Å². The van der Waals surface area contributed by atoms with E-state index in [2.05, 4.69) is 17.6 Å². The fraction of sp³-hybridized carbons (Fsp3) is 0.867. The first kappa shape index (κ1) is 13.9. The number of nitrogens with zero attached hydrogens (tertiary/aromatic N) is 1. The van der Waals surface area contributed by atoms with Crippen LogP contribution < -0.4 is 10.6 Å². The quantitative estimate of drug-likeness (QED) is 0.752. The average Bonchev–Trinajstić information content (AvgIpc) is 3.23. The van der Waals surface area contributed by atoms with Gasteiger partial charge in [0, 0.05) is 12.6 Å². The summed E-state index contributed by atoms with van der Waals surface area (Å²) in [5, 5.41) is 6.43. The molecule has 5 heteroatoms.